The minimum atomic E-state index is -0.0114. The van der Waals surface area contributed by atoms with Gasteiger partial charge in [-0.15, -0.1) is 0 Å². The minimum absolute atomic E-state index is 0.0114. The molecule has 0 aliphatic heterocycles. The molecule has 0 aliphatic rings. The normalized spacial score (nSPS) is 11.9. The first-order valence-corrected chi connectivity index (χ1v) is 11.5. The Hall–Kier alpha value is -0.530. The Balaban J connectivity index is 3.18. The van der Waals surface area contributed by atoms with E-state index in [1.54, 1.807) is 0 Å². The SMILES string of the molecule is CC(C)CCCCCCCCCCCCCCC(=O)OCCC(C)(C)C. The Morgan fingerprint density at radius 2 is 1.15 bits per heavy atom. The molecular weight excluding hydrogens is 320 g/mol. The highest BCUT2D eigenvalue weighted by molar-refractivity contribution is 5.69. The van der Waals surface area contributed by atoms with E-state index in [0.29, 0.717) is 13.0 Å². The van der Waals surface area contributed by atoms with Crippen molar-refractivity contribution >= 4 is 5.97 Å². The Morgan fingerprint density at radius 3 is 1.58 bits per heavy atom. The lowest BCUT2D eigenvalue weighted by Gasteiger charge is -2.17. The van der Waals surface area contributed by atoms with Crippen molar-refractivity contribution in [2.24, 2.45) is 11.3 Å². The van der Waals surface area contributed by atoms with Gasteiger partial charge in [0.1, 0.15) is 0 Å². The van der Waals surface area contributed by atoms with Crippen LogP contribution in [0.25, 0.3) is 0 Å². The van der Waals surface area contributed by atoms with Gasteiger partial charge < -0.3 is 4.74 Å². The molecule has 0 aromatic rings. The zero-order valence-corrected chi connectivity index (χ0v) is 18.7. The maximum Gasteiger partial charge on any atom is 0.305 e. The Labute approximate surface area is 164 Å². The molecule has 0 saturated heterocycles. The van der Waals surface area contributed by atoms with Gasteiger partial charge in [-0.25, -0.2) is 0 Å². The standard InChI is InChI=1S/C24H48O2/c1-22(2)18-16-14-12-10-8-6-7-9-11-13-15-17-19-23(25)26-21-20-24(3,4)5/h22H,6-21H2,1-5H3. The van der Waals surface area contributed by atoms with E-state index in [-0.39, 0.29) is 11.4 Å². The second kappa shape index (κ2) is 16.6. The molecule has 0 unspecified atom stereocenters. The number of carbonyl (C=O) groups is 1. The largest absolute Gasteiger partial charge is 0.466 e. The van der Waals surface area contributed by atoms with Crippen LogP contribution < -0.4 is 0 Å². The molecule has 26 heavy (non-hydrogen) atoms. The summed E-state index contributed by atoms with van der Waals surface area (Å²) in [6.45, 7) is 11.7. The van der Waals surface area contributed by atoms with Gasteiger partial charge >= 0.3 is 5.97 Å². The summed E-state index contributed by atoms with van der Waals surface area (Å²) >= 11 is 0. The fourth-order valence-electron chi connectivity index (χ4n) is 3.13. The lowest BCUT2D eigenvalue weighted by molar-refractivity contribution is -0.144. The number of rotatable bonds is 17. The van der Waals surface area contributed by atoms with E-state index in [0.717, 1.165) is 18.8 Å². The molecule has 0 radical (unpaired) electrons. The van der Waals surface area contributed by atoms with Gasteiger partial charge in [-0.05, 0) is 24.2 Å². The average Bonchev–Trinajstić information content (AvgIpc) is 2.53. The van der Waals surface area contributed by atoms with Crippen LogP contribution in [0.5, 0.6) is 0 Å². The van der Waals surface area contributed by atoms with Crippen LogP contribution >= 0.6 is 0 Å². The highest BCUT2D eigenvalue weighted by Gasteiger charge is 2.11. The maximum absolute atomic E-state index is 11.6. The molecule has 0 amide bonds. The van der Waals surface area contributed by atoms with E-state index < -0.39 is 0 Å². The van der Waals surface area contributed by atoms with E-state index in [4.69, 9.17) is 4.74 Å². The fraction of sp³-hybridized carbons (Fsp3) is 0.958. The molecule has 0 bridgehead atoms. The number of hydrogen-bond donors (Lipinski definition) is 0. The number of hydrogen-bond acceptors (Lipinski definition) is 2. The van der Waals surface area contributed by atoms with Gasteiger partial charge in [0.15, 0.2) is 0 Å². The topological polar surface area (TPSA) is 26.3 Å². The van der Waals surface area contributed by atoms with Crippen molar-refractivity contribution in [2.75, 3.05) is 6.61 Å². The van der Waals surface area contributed by atoms with Crippen LogP contribution in [-0.2, 0) is 9.53 Å². The monoisotopic (exact) mass is 368 g/mol. The van der Waals surface area contributed by atoms with Gasteiger partial charge in [0.05, 0.1) is 6.61 Å². The van der Waals surface area contributed by atoms with Crippen LogP contribution in [0.1, 0.15) is 131 Å². The zero-order chi connectivity index (χ0) is 19.7. The summed E-state index contributed by atoms with van der Waals surface area (Å²) < 4.78 is 5.30. The van der Waals surface area contributed by atoms with Crippen LogP contribution in [0.15, 0.2) is 0 Å². The number of unbranched alkanes of at least 4 members (excludes halogenated alkanes) is 11. The molecule has 0 saturated carbocycles. The summed E-state index contributed by atoms with van der Waals surface area (Å²) in [6.07, 6.45) is 19.0. The summed E-state index contributed by atoms with van der Waals surface area (Å²) in [5, 5.41) is 0. The van der Waals surface area contributed by atoms with Crippen LogP contribution in [0.3, 0.4) is 0 Å². The first kappa shape index (κ1) is 25.5. The molecule has 0 fully saturated rings. The van der Waals surface area contributed by atoms with E-state index in [9.17, 15) is 4.79 Å². The molecule has 0 spiro atoms. The van der Waals surface area contributed by atoms with Crippen molar-refractivity contribution in [3.63, 3.8) is 0 Å². The summed E-state index contributed by atoms with van der Waals surface area (Å²) in [7, 11) is 0. The van der Waals surface area contributed by atoms with E-state index in [1.165, 1.54) is 77.0 Å². The lowest BCUT2D eigenvalue weighted by atomic mass is 9.93. The van der Waals surface area contributed by atoms with Crippen molar-refractivity contribution < 1.29 is 9.53 Å². The quantitative estimate of drug-likeness (QED) is 0.191. The van der Waals surface area contributed by atoms with Crippen molar-refractivity contribution in [2.45, 2.75) is 131 Å². The summed E-state index contributed by atoms with van der Waals surface area (Å²) in [5.41, 5.74) is 0.244. The summed E-state index contributed by atoms with van der Waals surface area (Å²) in [6, 6.07) is 0. The Bertz CT molecular complexity index is 315. The molecule has 156 valence electrons. The molecule has 0 aliphatic carbocycles. The Morgan fingerprint density at radius 1 is 0.731 bits per heavy atom. The number of carbonyl (C=O) groups excluding carboxylic acids is 1. The first-order valence-electron chi connectivity index (χ1n) is 11.5. The number of esters is 1. The first-order chi connectivity index (χ1) is 12.3. The van der Waals surface area contributed by atoms with E-state index in [1.807, 2.05) is 0 Å². The molecular formula is C24H48O2. The smallest absolute Gasteiger partial charge is 0.305 e. The van der Waals surface area contributed by atoms with Crippen LogP contribution in [-0.4, -0.2) is 12.6 Å². The second-order valence-electron chi connectivity index (χ2n) is 9.71. The highest BCUT2D eigenvalue weighted by Crippen LogP contribution is 2.18. The Kier molecular flexibility index (Phi) is 16.3. The maximum atomic E-state index is 11.6. The van der Waals surface area contributed by atoms with Crippen molar-refractivity contribution in [1.82, 2.24) is 0 Å². The van der Waals surface area contributed by atoms with Gasteiger partial charge in [-0.1, -0.05) is 112 Å². The molecule has 2 heteroatoms. The minimum Gasteiger partial charge on any atom is -0.466 e. The third kappa shape index (κ3) is 21.5. The third-order valence-electron chi connectivity index (χ3n) is 5.03. The predicted octanol–water partition coefficient (Wildman–Crippen LogP) is 8.08. The zero-order valence-electron chi connectivity index (χ0n) is 18.7. The summed E-state index contributed by atoms with van der Waals surface area (Å²) in [5.74, 6) is 0.858. The van der Waals surface area contributed by atoms with Crippen LogP contribution in [0.2, 0.25) is 0 Å². The molecule has 2 nitrogen and oxygen atoms in total. The van der Waals surface area contributed by atoms with Gasteiger partial charge in [-0.3, -0.25) is 4.79 Å². The van der Waals surface area contributed by atoms with Crippen molar-refractivity contribution in [3.8, 4) is 0 Å². The van der Waals surface area contributed by atoms with Gasteiger partial charge in [-0.2, -0.15) is 0 Å². The highest BCUT2D eigenvalue weighted by atomic mass is 16.5. The van der Waals surface area contributed by atoms with Gasteiger partial charge in [0, 0.05) is 6.42 Å². The molecule has 0 aromatic carbocycles. The second-order valence-corrected chi connectivity index (χ2v) is 9.71. The molecule has 0 atom stereocenters. The summed E-state index contributed by atoms with van der Waals surface area (Å²) in [4.78, 5) is 11.6. The van der Waals surface area contributed by atoms with E-state index in [2.05, 4.69) is 34.6 Å². The molecule has 0 N–H and O–H groups in total. The molecule has 0 aromatic heterocycles. The van der Waals surface area contributed by atoms with Crippen LogP contribution in [0, 0.1) is 11.3 Å². The van der Waals surface area contributed by atoms with Gasteiger partial charge in [0.2, 0.25) is 0 Å². The number of ether oxygens (including phenoxy) is 1. The van der Waals surface area contributed by atoms with Crippen molar-refractivity contribution in [1.29, 1.82) is 0 Å². The van der Waals surface area contributed by atoms with Crippen LogP contribution in [0.4, 0.5) is 0 Å². The van der Waals surface area contributed by atoms with Crippen molar-refractivity contribution in [3.05, 3.63) is 0 Å². The molecule has 0 heterocycles. The van der Waals surface area contributed by atoms with Gasteiger partial charge in [0.25, 0.3) is 0 Å². The third-order valence-corrected chi connectivity index (χ3v) is 5.03. The predicted molar refractivity (Wildman–Crippen MR) is 115 cm³/mol. The van der Waals surface area contributed by atoms with E-state index >= 15 is 0 Å². The fourth-order valence-corrected chi connectivity index (χ4v) is 3.13. The molecule has 0 rings (SSSR count). The average molecular weight is 369 g/mol. The lowest BCUT2D eigenvalue weighted by Crippen LogP contribution is -2.12.